The summed E-state index contributed by atoms with van der Waals surface area (Å²) in [5.41, 5.74) is 5.00. The SMILES string of the molecule is N=C(N)CNS(=O)(=O)CC1CC1. The fraction of sp³-hybridized carbons (Fsp3) is 0.833. The van der Waals surface area contributed by atoms with Gasteiger partial charge in [0.05, 0.1) is 12.3 Å². The van der Waals surface area contributed by atoms with E-state index in [0.29, 0.717) is 5.92 Å². The van der Waals surface area contributed by atoms with Crippen molar-refractivity contribution in [2.45, 2.75) is 12.8 Å². The minimum Gasteiger partial charge on any atom is -0.387 e. The van der Waals surface area contributed by atoms with Crippen LogP contribution < -0.4 is 10.5 Å². The molecule has 0 bridgehead atoms. The Kier molecular flexibility index (Phi) is 2.69. The van der Waals surface area contributed by atoms with Crippen LogP contribution in [0.5, 0.6) is 0 Å². The van der Waals surface area contributed by atoms with Gasteiger partial charge >= 0.3 is 0 Å². The second kappa shape index (κ2) is 3.40. The minimum atomic E-state index is -3.18. The first-order chi connectivity index (χ1) is 5.49. The highest BCUT2D eigenvalue weighted by Gasteiger charge is 2.27. The smallest absolute Gasteiger partial charge is 0.212 e. The van der Waals surface area contributed by atoms with Gasteiger partial charge in [0.1, 0.15) is 5.84 Å². The van der Waals surface area contributed by atoms with Gasteiger partial charge in [0.25, 0.3) is 0 Å². The fourth-order valence-corrected chi connectivity index (χ4v) is 2.29. The molecule has 0 heterocycles. The molecule has 1 aliphatic rings. The summed E-state index contributed by atoms with van der Waals surface area (Å²) in [6.07, 6.45) is 2.00. The molecule has 4 N–H and O–H groups in total. The predicted molar refractivity (Wildman–Crippen MR) is 46.4 cm³/mol. The third-order valence-corrected chi connectivity index (χ3v) is 3.13. The summed E-state index contributed by atoms with van der Waals surface area (Å²) in [6, 6.07) is 0. The van der Waals surface area contributed by atoms with Crippen LogP contribution in [0.1, 0.15) is 12.8 Å². The lowest BCUT2D eigenvalue weighted by atomic mass is 10.5. The Labute approximate surface area is 71.9 Å². The quantitative estimate of drug-likeness (QED) is 0.394. The molecule has 0 unspecified atom stereocenters. The summed E-state index contributed by atoms with van der Waals surface area (Å²) >= 11 is 0. The third kappa shape index (κ3) is 3.68. The standard InChI is InChI=1S/C6H13N3O2S/c7-6(8)3-9-12(10,11)4-5-1-2-5/h5,9H,1-4H2,(H3,7,8). The van der Waals surface area contributed by atoms with E-state index in [1.54, 1.807) is 0 Å². The summed E-state index contributed by atoms with van der Waals surface area (Å²) in [7, 11) is -3.18. The predicted octanol–water partition coefficient (Wildman–Crippen LogP) is -0.748. The van der Waals surface area contributed by atoms with E-state index in [1.165, 1.54) is 0 Å². The van der Waals surface area contributed by atoms with Crippen molar-refractivity contribution in [2.75, 3.05) is 12.3 Å². The van der Waals surface area contributed by atoms with Crippen LogP contribution in [0, 0.1) is 11.3 Å². The Balaban J connectivity index is 2.31. The number of rotatable bonds is 5. The molecule has 5 nitrogen and oxygen atoms in total. The Hall–Kier alpha value is -0.620. The first-order valence-corrected chi connectivity index (χ1v) is 5.45. The number of amidine groups is 1. The summed E-state index contributed by atoms with van der Waals surface area (Å²) in [5, 5.41) is 6.82. The zero-order chi connectivity index (χ0) is 9.19. The molecule has 1 aliphatic carbocycles. The lowest BCUT2D eigenvalue weighted by molar-refractivity contribution is 0.582. The highest BCUT2D eigenvalue weighted by molar-refractivity contribution is 7.89. The highest BCUT2D eigenvalue weighted by atomic mass is 32.2. The van der Waals surface area contributed by atoms with E-state index in [2.05, 4.69) is 4.72 Å². The summed E-state index contributed by atoms with van der Waals surface area (Å²) in [4.78, 5) is 0. The van der Waals surface area contributed by atoms with E-state index in [9.17, 15) is 8.42 Å². The van der Waals surface area contributed by atoms with Crippen LogP contribution in [-0.4, -0.2) is 26.6 Å². The van der Waals surface area contributed by atoms with Crippen molar-refractivity contribution in [3.8, 4) is 0 Å². The molecule has 0 saturated heterocycles. The van der Waals surface area contributed by atoms with Crippen LogP contribution in [0.4, 0.5) is 0 Å². The molecule has 0 aliphatic heterocycles. The van der Waals surface area contributed by atoms with Gasteiger partial charge in [-0.1, -0.05) is 0 Å². The summed E-state index contributed by atoms with van der Waals surface area (Å²) < 4.78 is 24.5. The van der Waals surface area contributed by atoms with Crippen LogP contribution in [0.2, 0.25) is 0 Å². The van der Waals surface area contributed by atoms with Gasteiger partial charge in [0.2, 0.25) is 10.0 Å². The van der Waals surface area contributed by atoms with Gasteiger partial charge in [0.15, 0.2) is 0 Å². The van der Waals surface area contributed by atoms with Gasteiger partial charge in [0, 0.05) is 0 Å². The zero-order valence-electron chi connectivity index (χ0n) is 6.71. The van der Waals surface area contributed by atoms with Gasteiger partial charge in [-0.25, -0.2) is 13.1 Å². The molecule has 0 spiro atoms. The molecular weight excluding hydrogens is 178 g/mol. The fourth-order valence-electron chi connectivity index (χ4n) is 0.841. The van der Waals surface area contributed by atoms with E-state index >= 15 is 0 Å². The highest BCUT2D eigenvalue weighted by Crippen LogP contribution is 2.29. The lowest BCUT2D eigenvalue weighted by Crippen LogP contribution is -2.34. The number of nitrogens with two attached hydrogens (primary N) is 1. The lowest BCUT2D eigenvalue weighted by Gasteiger charge is -2.03. The van der Waals surface area contributed by atoms with Gasteiger partial charge in [-0.05, 0) is 18.8 Å². The third-order valence-electron chi connectivity index (χ3n) is 1.63. The van der Waals surface area contributed by atoms with E-state index in [1.807, 2.05) is 0 Å². The van der Waals surface area contributed by atoms with E-state index in [-0.39, 0.29) is 18.1 Å². The maximum atomic E-state index is 11.1. The maximum absolute atomic E-state index is 11.1. The van der Waals surface area contributed by atoms with Crippen LogP contribution in [0.25, 0.3) is 0 Å². The molecule has 0 amide bonds. The molecule has 1 rings (SSSR count). The molecule has 0 aromatic heterocycles. The Morgan fingerprint density at radius 1 is 1.58 bits per heavy atom. The first-order valence-electron chi connectivity index (χ1n) is 3.80. The second-order valence-electron chi connectivity index (χ2n) is 3.07. The van der Waals surface area contributed by atoms with Crippen molar-refractivity contribution in [3.63, 3.8) is 0 Å². The van der Waals surface area contributed by atoms with Crippen LogP contribution in [0.15, 0.2) is 0 Å². The van der Waals surface area contributed by atoms with E-state index in [0.717, 1.165) is 12.8 Å². The second-order valence-corrected chi connectivity index (χ2v) is 4.92. The largest absolute Gasteiger partial charge is 0.387 e. The number of hydrogen-bond donors (Lipinski definition) is 3. The topological polar surface area (TPSA) is 96.0 Å². The average molecular weight is 191 g/mol. The zero-order valence-corrected chi connectivity index (χ0v) is 7.52. The van der Waals surface area contributed by atoms with Gasteiger partial charge < -0.3 is 5.73 Å². The molecule has 0 aromatic rings. The minimum absolute atomic E-state index is 0.0744. The molecule has 0 radical (unpaired) electrons. The van der Waals surface area contributed by atoms with Gasteiger partial charge in [-0.3, -0.25) is 5.41 Å². The van der Waals surface area contributed by atoms with Crippen molar-refractivity contribution >= 4 is 15.9 Å². The van der Waals surface area contributed by atoms with E-state index < -0.39 is 10.0 Å². The number of nitrogens with one attached hydrogen (secondary N) is 2. The van der Waals surface area contributed by atoms with Crippen molar-refractivity contribution in [1.29, 1.82) is 5.41 Å². The Bertz CT molecular complexity index is 269. The molecule has 6 heteroatoms. The van der Waals surface area contributed by atoms with E-state index in [4.69, 9.17) is 11.1 Å². The molecule has 12 heavy (non-hydrogen) atoms. The molecule has 1 saturated carbocycles. The molecular formula is C6H13N3O2S. The van der Waals surface area contributed by atoms with Crippen molar-refractivity contribution < 1.29 is 8.42 Å². The monoisotopic (exact) mass is 191 g/mol. The van der Waals surface area contributed by atoms with Gasteiger partial charge in [-0.15, -0.1) is 0 Å². The average Bonchev–Trinajstić information content (AvgIpc) is 2.67. The summed E-state index contributed by atoms with van der Waals surface area (Å²) in [5.74, 6) is 0.351. The van der Waals surface area contributed by atoms with Crippen molar-refractivity contribution in [2.24, 2.45) is 11.7 Å². The number of sulfonamides is 1. The molecule has 70 valence electrons. The number of hydrogen-bond acceptors (Lipinski definition) is 3. The molecule has 1 fully saturated rings. The maximum Gasteiger partial charge on any atom is 0.212 e. The Morgan fingerprint density at radius 3 is 2.58 bits per heavy atom. The van der Waals surface area contributed by atoms with Crippen LogP contribution in [-0.2, 0) is 10.0 Å². The van der Waals surface area contributed by atoms with Crippen LogP contribution in [0.3, 0.4) is 0 Å². The first kappa shape index (κ1) is 9.47. The normalized spacial score (nSPS) is 17.7. The molecule has 0 atom stereocenters. The Morgan fingerprint density at radius 2 is 2.17 bits per heavy atom. The van der Waals surface area contributed by atoms with Crippen molar-refractivity contribution in [3.05, 3.63) is 0 Å². The van der Waals surface area contributed by atoms with Crippen molar-refractivity contribution in [1.82, 2.24) is 4.72 Å². The summed E-state index contributed by atoms with van der Waals surface area (Å²) in [6.45, 7) is -0.0744. The molecule has 0 aromatic carbocycles. The van der Waals surface area contributed by atoms with Gasteiger partial charge in [-0.2, -0.15) is 0 Å². The van der Waals surface area contributed by atoms with Crippen LogP contribution >= 0.6 is 0 Å².